The largest absolute Gasteiger partial charge is 0.373 e. The van der Waals surface area contributed by atoms with Crippen molar-refractivity contribution < 1.29 is 9.13 Å². The van der Waals surface area contributed by atoms with Crippen LogP contribution < -0.4 is 5.32 Å². The smallest absolute Gasteiger partial charge is 0.123 e. The van der Waals surface area contributed by atoms with Crippen LogP contribution in [0.2, 0.25) is 0 Å². The number of aromatic nitrogens is 2. The Labute approximate surface area is 180 Å². The zero-order valence-corrected chi connectivity index (χ0v) is 18.7. The summed E-state index contributed by atoms with van der Waals surface area (Å²) in [6.45, 7) is 4.51. The normalized spacial score (nSPS) is 17.7. The molecule has 148 valence electrons. The third kappa shape index (κ3) is 3.90. The number of ether oxygens (including phenoxy) is 1. The van der Waals surface area contributed by atoms with E-state index in [1.54, 1.807) is 12.1 Å². The maximum absolute atomic E-state index is 13.4. The van der Waals surface area contributed by atoms with Crippen molar-refractivity contribution >= 4 is 42.8 Å². The van der Waals surface area contributed by atoms with Gasteiger partial charge in [-0.25, -0.2) is 4.39 Å². The molecule has 2 heterocycles. The van der Waals surface area contributed by atoms with E-state index in [0.717, 1.165) is 57.0 Å². The van der Waals surface area contributed by atoms with E-state index in [1.165, 1.54) is 0 Å². The van der Waals surface area contributed by atoms with Crippen LogP contribution in [0.4, 0.5) is 4.39 Å². The highest BCUT2D eigenvalue weighted by Crippen LogP contribution is 2.37. The lowest BCUT2D eigenvalue weighted by atomic mass is 9.74. The summed E-state index contributed by atoms with van der Waals surface area (Å²) in [5.74, 6) is -0.206. The average Bonchev–Trinajstić information content (AvgIpc) is 3.07. The Kier molecular flexibility index (Phi) is 5.88. The van der Waals surface area contributed by atoms with Crippen LogP contribution in [0.3, 0.4) is 0 Å². The quantitative estimate of drug-likeness (QED) is 0.468. The average molecular weight is 511 g/mol. The number of nitrogens with one attached hydrogen (secondary N) is 2. The molecule has 0 saturated carbocycles. The van der Waals surface area contributed by atoms with Crippen molar-refractivity contribution in [2.24, 2.45) is 0 Å². The van der Waals surface area contributed by atoms with Crippen molar-refractivity contribution in [3.63, 3.8) is 0 Å². The topological polar surface area (TPSA) is 49.9 Å². The molecule has 0 amide bonds. The van der Waals surface area contributed by atoms with Crippen molar-refractivity contribution in [2.75, 3.05) is 19.7 Å². The van der Waals surface area contributed by atoms with Gasteiger partial charge >= 0.3 is 0 Å². The molecule has 7 heteroatoms. The van der Waals surface area contributed by atoms with E-state index in [0.29, 0.717) is 6.61 Å². The van der Waals surface area contributed by atoms with Crippen LogP contribution in [-0.2, 0) is 10.2 Å². The number of fused-ring (bicyclic) bond motifs is 1. The molecule has 2 aromatic carbocycles. The molecular weight excluding hydrogens is 489 g/mol. The predicted molar refractivity (Wildman–Crippen MR) is 116 cm³/mol. The number of aromatic amines is 1. The Morgan fingerprint density at radius 3 is 2.61 bits per heavy atom. The summed E-state index contributed by atoms with van der Waals surface area (Å²) in [5, 5.41) is 11.9. The summed E-state index contributed by atoms with van der Waals surface area (Å²) in [4.78, 5) is 0. The molecular formula is C21H22Br2FN3O. The fraction of sp³-hybridized carbons (Fsp3) is 0.381. The number of halogens is 3. The summed E-state index contributed by atoms with van der Waals surface area (Å²) in [6.07, 6.45) is 1.81. The van der Waals surface area contributed by atoms with E-state index in [9.17, 15) is 4.39 Å². The monoisotopic (exact) mass is 509 g/mol. The molecule has 1 saturated heterocycles. The highest BCUT2D eigenvalue weighted by Gasteiger charge is 2.35. The highest BCUT2D eigenvalue weighted by molar-refractivity contribution is 9.11. The number of rotatable bonds is 5. The lowest BCUT2D eigenvalue weighted by molar-refractivity contribution is 0.0172. The van der Waals surface area contributed by atoms with Gasteiger partial charge in [0.25, 0.3) is 0 Å². The minimum absolute atomic E-state index is 0.107. The van der Waals surface area contributed by atoms with Crippen molar-refractivity contribution in [3.8, 4) is 0 Å². The van der Waals surface area contributed by atoms with Gasteiger partial charge in [0.05, 0.1) is 18.2 Å². The van der Waals surface area contributed by atoms with E-state index in [1.807, 2.05) is 18.2 Å². The number of benzene rings is 2. The number of H-pyrrole nitrogens is 1. The number of piperidine rings is 1. The maximum atomic E-state index is 13.4. The minimum Gasteiger partial charge on any atom is -0.373 e. The first-order valence-corrected chi connectivity index (χ1v) is 11.0. The Morgan fingerprint density at radius 1 is 1.18 bits per heavy atom. The Hall–Kier alpha value is -1.28. The van der Waals surface area contributed by atoms with E-state index in [-0.39, 0.29) is 17.3 Å². The van der Waals surface area contributed by atoms with Crippen molar-refractivity contribution in [1.82, 2.24) is 15.5 Å². The van der Waals surface area contributed by atoms with Gasteiger partial charge in [0.2, 0.25) is 0 Å². The second kappa shape index (κ2) is 8.22. The van der Waals surface area contributed by atoms with Crippen LogP contribution in [0.15, 0.2) is 45.5 Å². The fourth-order valence-corrected chi connectivity index (χ4v) is 4.85. The van der Waals surface area contributed by atoms with Gasteiger partial charge in [-0.05, 0) is 78.6 Å². The second-order valence-electron chi connectivity index (χ2n) is 7.42. The molecule has 0 spiro atoms. The van der Waals surface area contributed by atoms with E-state index >= 15 is 0 Å². The molecule has 3 aromatic rings. The molecule has 4 nitrogen and oxygen atoms in total. The summed E-state index contributed by atoms with van der Waals surface area (Å²) in [7, 11) is 0. The molecule has 1 unspecified atom stereocenters. The van der Waals surface area contributed by atoms with Crippen LogP contribution >= 0.6 is 31.9 Å². The predicted octanol–water partition coefficient (Wildman–Crippen LogP) is 5.63. The van der Waals surface area contributed by atoms with Gasteiger partial charge in [-0.15, -0.1) is 0 Å². The lowest BCUT2D eigenvalue weighted by Gasteiger charge is -2.38. The van der Waals surface area contributed by atoms with Gasteiger partial charge in [0.1, 0.15) is 10.4 Å². The summed E-state index contributed by atoms with van der Waals surface area (Å²) in [6, 6.07) is 11.0. The third-order valence-corrected chi connectivity index (χ3v) is 6.73. The number of hydrogen-bond donors (Lipinski definition) is 2. The van der Waals surface area contributed by atoms with Crippen LogP contribution in [-0.4, -0.2) is 29.9 Å². The lowest BCUT2D eigenvalue weighted by Crippen LogP contribution is -2.43. The van der Waals surface area contributed by atoms with Gasteiger partial charge in [0, 0.05) is 20.8 Å². The van der Waals surface area contributed by atoms with Crippen LogP contribution in [0.5, 0.6) is 0 Å². The Morgan fingerprint density at radius 2 is 1.89 bits per heavy atom. The number of nitrogens with zero attached hydrogens (tertiary/aromatic N) is 1. The van der Waals surface area contributed by atoms with E-state index in [2.05, 4.69) is 60.4 Å². The second-order valence-corrected chi connectivity index (χ2v) is 9.13. The van der Waals surface area contributed by atoms with Crippen molar-refractivity contribution in [1.29, 1.82) is 0 Å². The van der Waals surface area contributed by atoms with Gasteiger partial charge in [-0.2, -0.15) is 5.10 Å². The molecule has 1 fully saturated rings. The summed E-state index contributed by atoms with van der Waals surface area (Å²) >= 11 is 7.10. The highest BCUT2D eigenvalue weighted by atomic mass is 79.9. The standard InChI is InChI=1S/C21H22Br2FN3O/c1-13(17-10-15(22)11-18-19(17)26-27-20(18)23)28-12-21(6-8-25-9-7-21)14-2-4-16(24)5-3-14/h2-5,10-11,13,25H,6-9,12H2,1H3,(H,26,27). The summed E-state index contributed by atoms with van der Waals surface area (Å²) in [5.41, 5.74) is 2.98. The van der Waals surface area contributed by atoms with Gasteiger partial charge in [-0.1, -0.05) is 28.1 Å². The van der Waals surface area contributed by atoms with Crippen molar-refractivity contribution in [3.05, 3.63) is 62.4 Å². The van der Waals surface area contributed by atoms with Gasteiger partial charge in [-0.3, -0.25) is 5.10 Å². The third-order valence-electron chi connectivity index (χ3n) is 5.67. The first-order valence-electron chi connectivity index (χ1n) is 9.40. The van der Waals surface area contributed by atoms with Crippen molar-refractivity contribution in [2.45, 2.75) is 31.3 Å². The van der Waals surface area contributed by atoms with Gasteiger partial charge in [0.15, 0.2) is 0 Å². The molecule has 1 aliphatic rings. The van der Waals surface area contributed by atoms with E-state index in [4.69, 9.17) is 4.74 Å². The van der Waals surface area contributed by atoms with Crippen LogP contribution in [0.25, 0.3) is 10.9 Å². The Balaban J connectivity index is 1.60. The SMILES string of the molecule is CC(OCC1(c2ccc(F)cc2)CCNCC1)c1cc(Br)cc2c(Br)[nH]nc12. The first-order chi connectivity index (χ1) is 13.5. The molecule has 1 aromatic heterocycles. The fourth-order valence-electron chi connectivity index (χ4n) is 3.99. The zero-order valence-electron chi connectivity index (χ0n) is 15.6. The molecule has 1 aliphatic heterocycles. The minimum atomic E-state index is -0.206. The van der Waals surface area contributed by atoms with Gasteiger partial charge < -0.3 is 10.1 Å². The molecule has 1 atom stereocenters. The molecule has 28 heavy (non-hydrogen) atoms. The molecule has 0 aliphatic carbocycles. The van der Waals surface area contributed by atoms with E-state index < -0.39 is 0 Å². The first kappa shape index (κ1) is 20.0. The molecule has 4 rings (SSSR count). The molecule has 0 radical (unpaired) electrons. The van der Waals surface area contributed by atoms with Crippen LogP contribution in [0, 0.1) is 5.82 Å². The molecule has 0 bridgehead atoms. The van der Waals surface area contributed by atoms with Crippen LogP contribution in [0.1, 0.15) is 37.0 Å². The molecule has 2 N–H and O–H groups in total. The maximum Gasteiger partial charge on any atom is 0.123 e. The number of hydrogen-bond acceptors (Lipinski definition) is 3. The zero-order chi connectivity index (χ0) is 19.7. The Bertz CT molecular complexity index is 968. The summed E-state index contributed by atoms with van der Waals surface area (Å²) < 4.78 is 21.7.